The van der Waals surface area contributed by atoms with Gasteiger partial charge in [0.15, 0.2) is 0 Å². The van der Waals surface area contributed by atoms with Crippen molar-refractivity contribution >= 4 is 53.9 Å². The second kappa shape index (κ2) is 26.6. The van der Waals surface area contributed by atoms with Crippen molar-refractivity contribution in [2.75, 3.05) is 0 Å². The van der Waals surface area contributed by atoms with Gasteiger partial charge in [-0.1, -0.05) is 127 Å². The molecule has 0 fully saturated rings. The minimum atomic E-state index is -3.38. The minimum Gasteiger partial charge on any atom is -0.317 e. The van der Waals surface area contributed by atoms with E-state index in [0.29, 0.717) is 31.8 Å². The second-order valence-corrected chi connectivity index (χ2v) is 22.9. The van der Waals surface area contributed by atoms with Gasteiger partial charge >= 0.3 is 20.1 Å². The van der Waals surface area contributed by atoms with E-state index in [2.05, 4.69) is 0 Å². The Morgan fingerprint density at radius 1 is 0.274 bits per heavy atom. The third-order valence-corrected chi connectivity index (χ3v) is 18.2. The number of hydrogen-bond acceptors (Lipinski definition) is 6. The molecule has 0 spiro atoms. The van der Waals surface area contributed by atoms with Gasteiger partial charge in [-0.25, -0.2) is 26.3 Å². The Morgan fingerprint density at radius 3 is 0.616 bits per heavy atom. The predicted octanol–water partition coefficient (Wildman–Crippen LogP) is 13.2. The molecule has 0 aliphatic heterocycles. The zero-order chi connectivity index (χ0) is 51.0. The van der Waals surface area contributed by atoms with E-state index in [0.717, 1.165) is 36.4 Å². The van der Waals surface area contributed by atoms with Crippen LogP contribution in [0.5, 0.6) is 0 Å². The summed E-state index contributed by atoms with van der Waals surface area (Å²) in [5.41, 5.74) is 0.468. The molecule has 0 aliphatic carbocycles. The largest absolute Gasteiger partial charge is 3.00 e. The summed E-state index contributed by atoms with van der Waals surface area (Å²) in [4.78, 5) is 0. The molecule has 0 saturated heterocycles. The third kappa shape index (κ3) is 14.7. The summed E-state index contributed by atoms with van der Waals surface area (Å²) in [6, 6.07) is 62.5. The molecule has 0 N–H and O–H groups in total. The number of rotatable bonds is 15. The SMILES string of the molecule is O=P(OCc1ccc(F)cc1F)(c1ccccc1)c1ccccc1.O=P(OCc1ccc(F)cc1F)(c1ccccc1)c1ccccc1.O=P(OCc1ccc(F)cc1F)(c1ccccc1)c1ccccc1.[Ir+3]. The summed E-state index contributed by atoms with van der Waals surface area (Å²) in [6.45, 7) is -0.645. The molecule has 9 aromatic carbocycles. The molecular formula is C57H45F6IrO6P3+3. The fourth-order valence-electron chi connectivity index (χ4n) is 7.04. The van der Waals surface area contributed by atoms with Crippen molar-refractivity contribution in [3.8, 4) is 0 Å². The van der Waals surface area contributed by atoms with Crippen LogP contribution in [0.25, 0.3) is 0 Å². The summed E-state index contributed by atoms with van der Waals surface area (Å²) in [7, 11) is -10.1. The topological polar surface area (TPSA) is 78.9 Å². The molecule has 0 saturated carbocycles. The normalized spacial score (nSPS) is 11.3. The smallest absolute Gasteiger partial charge is 0.317 e. The van der Waals surface area contributed by atoms with E-state index < -0.39 is 57.0 Å². The van der Waals surface area contributed by atoms with Crippen LogP contribution in [-0.2, 0) is 67.2 Å². The standard InChI is InChI=1S/3C19H15F2O2P.Ir/c3*20-16-12-11-15(19(21)13-16)14-23-24(22,17-7-3-1-4-8-17)18-9-5-2-6-10-18;/h3*1-13H,14H2;/q;;;+3. The van der Waals surface area contributed by atoms with Crippen LogP contribution >= 0.6 is 22.1 Å². The maximum atomic E-state index is 13.8. The molecule has 0 atom stereocenters. The zero-order valence-corrected chi connectivity index (χ0v) is 43.6. The molecule has 0 aromatic heterocycles. The molecule has 73 heavy (non-hydrogen) atoms. The molecule has 0 unspecified atom stereocenters. The van der Waals surface area contributed by atoms with Crippen LogP contribution in [0.15, 0.2) is 237 Å². The first-order valence-corrected chi connectivity index (χ1v) is 27.1. The predicted molar refractivity (Wildman–Crippen MR) is 273 cm³/mol. The average molecular weight is 1230 g/mol. The third-order valence-electron chi connectivity index (χ3n) is 10.8. The summed E-state index contributed by atoms with van der Waals surface area (Å²) in [5.74, 6) is -4.14. The van der Waals surface area contributed by atoms with Crippen molar-refractivity contribution in [2.45, 2.75) is 19.8 Å². The molecule has 6 nitrogen and oxygen atoms in total. The number of benzene rings is 9. The van der Waals surface area contributed by atoms with Gasteiger partial charge in [-0.3, -0.25) is 13.7 Å². The van der Waals surface area contributed by atoms with Crippen molar-refractivity contribution in [1.82, 2.24) is 0 Å². The van der Waals surface area contributed by atoms with E-state index in [9.17, 15) is 40.0 Å². The van der Waals surface area contributed by atoms with Crippen molar-refractivity contribution < 1.29 is 73.7 Å². The van der Waals surface area contributed by atoms with Crippen LogP contribution in [0, 0.1) is 34.9 Å². The Morgan fingerprint density at radius 2 is 0.452 bits per heavy atom. The maximum absolute atomic E-state index is 13.8. The van der Waals surface area contributed by atoms with E-state index in [1.54, 1.807) is 146 Å². The molecule has 0 aliphatic rings. The average Bonchev–Trinajstić information content (AvgIpc) is 3.42. The molecule has 0 heterocycles. The van der Waals surface area contributed by atoms with E-state index in [1.807, 2.05) is 36.4 Å². The summed E-state index contributed by atoms with van der Waals surface area (Å²) < 4.78 is 138. The Bertz CT molecular complexity index is 2830. The van der Waals surface area contributed by atoms with Crippen molar-refractivity contribution in [3.63, 3.8) is 0 Å². The van der Waals surface area contributed by atoms with Crippen LogP contribution in [0.3, 0.4) is 0 Å². The summed E-state index contributed by atoms with van der Waals surface area (Å²) in [6.07, 6.45) is 0. The van der Waals surface area contributed by atoms with Gasteiger partial charge < -0.3 is 13.6 Å². The van der Waals surface area contributed by atoms with Gasteiger partial charge in [0.1, 0.15) is 34.9 Å². The van der Waals surface area contributed by atoms with Crippen LogP contribution in [0.2, 0.25) is 0 Å². The van der Waals surface area contributed by atoms with E-state index in [1.165, 1.54) is 18.2 Å². The van der Waals surface area contributed by atoms with Gasteiger partial charge in [0, 0.05) is 66.7 Å². The van der Waals surface area contributed by atoms with E-state index in [4.69, 9.17) is 13.6 Å². The first-order chi connectivity index (χ1) is 34.8. The molecule has 372 valence electrons. The quantitative estimate of drug-likeness (QED) is 0.0752. The molecule has 0 radical (unpaired) electrons. The first kappa shape index (κ1) is 56.1. The van der Waals surface area contributed by atoms with Crippen LogP contribution in [0.1, 0.15) is 16.7 Å². The molecule has 0 amide bonds. The summed E-state index contributed by atoms with van der Waals surface area (Å²) in [5, 5.41) is 3.16. The van der Waals surface area contributed by atoms with Gasteiger partial charge in [-0.2, -0.15) is 0 Å². The first-order valence-electron chi connectivity index (χ1n) is 22.2. The van der Waals surface area contributed by atoms with Gasteiger partial charge in [0.25, 0.3) is 22.1 Å². The van der Waals surface area contributed by atoms with Crippen molar-refractivity contribution in [3.05, 3.63) is 288 Å². The summed E-state index contributed by atoms with van der Waals surface area (Å²) >= 11 is 0. The van der Waals surface area contributed by atoms with Crippen LogP contribution in [-0.4, -0.2) is 0 Å². The Kier molecular flexibility index (Phi) is 20.5. The number of hydrogen-bond donors (Lipinski definition) is 0. The van der Waals surface area contributed by atoms with E-state index in [-0.39, 0.29) is 56.6 Å². The van der Waals surface area contributed by atoms with E-state index >= 15 is 0 Å². The van der Waals surface area contributed by atoms with Gasteiger partial charge in [0.05, 0.1) is 19.8 Å². The Labute approximate surface area is 433 Å². The molecule has 9 aromatic rings. The zero-order valence-electron chi connectivity index (χ0n) is 38.5. The van der Waals surface area contributed by atoms with Crippen LogP contribution in [0.4, 0.5) is 26.3 Å². The second-order valence-electron chi connectivity index (χ2n) is 15.7. The van der Waals surface area contributed by atoms with Gasteiger partial charge in [0.2, 0.25) is 0 Å². The van der Waals surface area contributed by atoms with Crippen molar-refractivity contribution in [1.29, 1.82) is 0 Å². The Hall–Kier alpha value is -6.22. The minimum absolute atomic E-state index is 0. The molecular weight excluding hydrogens is 1180 g/mol. The molecule has 9 rings (SSSR count). The van der Waals surface area contributed by atoms with Gasteiger partial charge in [-0.15, -0.1) is 0 Å². The monoisotopic (exact) mass is 1230 g/mol. The molecule has 16 heteroatoms. The Balaban J connectivity index is 0.000000177. The fraction of sp³-hybridized carbons (Fsp3) is 0.0526. The fourth-order valence-corrected chi connectivity index (χ4v) is 13.2. The van der Waals surface area contributed by atoms with Gasteiger partial charge in [-0.05, 0) is 91.0 Å². The number of halogens is 6. The van der Waals surface area contributed by atoms with Crippen molar-refractivity contribution in [2.24, 2.45) is 0 Å². The maximum Gasteiger partial charge on any atom is 3.00 e. The molecule has 0 bridgehead atoms. The van der Waals surface area contributed by atoms with Crippen LogP contribution < -0.4 is 31.8 Å².